The van der Waals surface area contributed by atoms with E-state index in [0.29, 0.717) is 27.3 Å². The summed E-state index contributed by atoms with van der Waals surface area (Å²) in [6.45, 7) is 4.54. The summed E-state index contributed by atoms with van der Waals surface area (Å²) in [5, 5.41) is 14.1. The van der Waals surface area contributed by atoms with Gasteiger partial charge in [-0.1, -0.05) is 66.4 Å². The number of rotatable bonds is 11. The fourth-order valence-electron chi connectivity index (χ4n) is 5.42. The first-order valence-electron chi connectivity index (χ1n) is 15.3. The van der Waals surface area contributed by atoms with Gasteiger partial charge in [-0.05, 0) is 70.4 Å². The number of thioether (sulfide) groups is 1. The van der Waals surface area contributed by atoms with Crippen molar-refractivity contribution in [1.82, 2.24) is 9.80 Å². The molecule has 2 amide bonds. The molecule has 9 nitrogen and oxygen atoms in total. The van der Waals surface area contributed by atoms with E-state index in [1.54, 1.807) is 0 Å². The van der Waals surface area contributed by atoms with Crippen LogP contribution in [0.3, 0.4) is 0 Å². The van der Waals surface area contributed by atoms with Crippen LogP contribution in [0.25, 0.3) is 28.0 Å². The first-order chi connectivity index (χ1) is 22.8. The van der Waals surface area contributed by atoms with Crippen molar-refractivity contribution in [1.29, 1.82) is 0 Å². The van der Waals surface area contributed by atoms with E-state index in [2.05, 4.69) is 40.5 Å². The molecule has 240 valence electrons. The number of carboxylic acid groups (broad SMARTS) is 1. The molecule has 0 bridgehead atoms. The van der Waals surface area contributed by atoms with E-state index in [1.807, 2.05) is 36.4 Å². The number of carbonyl (C=O) groups excluding carboxylic acids is 2. The summed E-state index contributed by atoms with van der Waals surface area (Å²) < 4.78 is 12.1. The smallest absolute Gasteiger partial charge is 0.335 e. The number of hydrogen-bond acceptors (Lipinski definition) is 8. The second kappa shape index (κ2) is 14.9. The number of ether oxygens (including phenoxy) is 2. The van der Waals surface area contributed by atoms with Gasteiger partial charge in [0.25, 0.3) is 5.91 Å². The Labute approximate surface area is 282 Å². The Hall–Kier alpha value is -4.55. The first-order valence-corrected chi connectivity index (χ1v) is 16.5. The largest absolute Gasteiger partial charge is 0.492 e. The van der Waals surface area contributed by atoms with Gasteiger partial charge in [0.1, 0.15) is 16.7 Å². The molecule has 4 aromatic rings. The number of hydrogen-bond donors (Lipinski definition) is 2. The summed E-state index contributed by atoms with van der Waals surface area (Å²) in [4.78, 5) is 41.4. The maximum absolute atomic E-state index is 13.5. The van der Waals surface area contributed by atoms with Crippen LogP contribution in [0.5, 0.6) is 5.75 Å². The fraction of sp³-hybridized carbons (Fsp3) is 0.222. The maximum atomic E-state index is 13.5. The van der Waals surface area contributed by atoms with Crippen molar-refractivity contribution in [3.05, 3.63) is 101 Å². The molecule has 2 aliphatic rings. The van der Waals surface area contributed by atoms with Crippen LogP contribution in [-0.4, -0.2) is 83.0 Å². The Balaban J connectivity index is 1.18. The number of anilines is 1. The summed E-state index contributed by atoms with van der Waals surface area (Å²) in [5.74, 6) is -0.960. The summed E-state index contributed by atoms with van der Waals surface area (Å²) in [6.07, 6.45) is 1.84. The Bertz CT molecular complexity index is 1850. The molecule has 2 saturated heterocycles. The van der Waals surface area contributed by atoms with E-state index in [4.69, 9.17) is 26.8 Å². The van der Waals surface area contributed by atoms with Crippen LogP contribution in [0.2, 0.25) is 0 Å². The van der Waals surface area contributed by atoms with Crippen molar-refractivity contribution in [3.63, 3.8) is 0 Å². The highest BCUT2D eigenvalue weighted by atomic mass is 32.2. The number of nitrogens with zero attached hydrogens (tertiary/aromatic N) is 2. The summed E-state index contributed by atoms with van der Waals surface area (Å²) in [7, 11) is 0. The quantitative estimate of drug-likeness (QED) is 0.144. The lowest BCUT2D eigenvalue weighted by atomic mass is 9.99. The lowest BCUT2D eigenvalue weighted by Crippen LogP contribution is -2.38. The molecule has 2 fully saturated rings. The van der Waals surface area contributed by atoms with Crippen molar-refractivity contribution in [2.45, 2.75) is 6.42 Å². The molecule has 47 heavy (non-hydrogen) atoms. The fourth-order valence-corrected chi connectivity index (χ4v) is 6.72. The van der Waals surface area contributed by atoms with Gasteiger partial charge in [0, 0.05) is 43.9 Å². The third-order valence-corrected chi connectivity index (χ3v) is 9.38. The Morgan fingerprint density at radius 2 is 1.66 bits per heavy atom. The molecule has 11 heteroatoms. The van der Waals surface area contributed by atoms with Crippen molar-refractivity contribution >= 4 is 68.6 Å². The molecule has 2 heterocycles. The molecule has 2 N–H and O–H groups in total. The van der Waals surface area contributed by atoms with E-state index in [0.717, 1.165) is 60.3 Å². The normalized spacial score (nSPS) is 16.2. The second-order valence-corrected chi connectivity index (χ2v) is 12.8. The van der Waals surface area contributed by atoms with Gasteiger partial charge in [0.15, 0.2) is 0 Å². The van der Waals surface area contributed by atoms with E-state index >= 15 is 0 Å². The highest BCUT2D eigenvalue weighted by Crippen LogP contribution is 2.36. The number of carboxylic acids is 1. The van der Waals surface area contributed by atoms with Crippen LogP contribution in [0.4, 0.5) is 5.69 Å². The molecule has 0 radical (unpaired) electrons. The zero-order chi connectivity index (χ0) is 32.8. The average Bonchev–Trinajstić information content (AvgIpc) is 3.35. The SMILES string of the molecule is O=C(CCN1C(=O)/C(=C/c2cc(-c3ccc4ccccc4c3)ccc2OCCN2CCOCC2)SC1=S)Nc1ccc(C(=O)O)cc1. The van der Waals surface area contributed by atoms with Crippen molar-refractivity contribution in [2.24, 2.45) is 0 Å². The lowest BCUT2D eigenvalue weighted by Gasteiger charge is -2.26. The minimum atomic E-state index is -1.04. The van der Waals surface area contributed by atoms with Gasteiger partial charge in [-0.15, -0.1) is 0 Å². The second-order valence-electron chi connectivity index (χ2n) is 11.1. The van der Waals surface area contributed by atoms with E-state index in [9.17, 15) is 14.4 Å². The molecule has 0 atom stereocenters. The third-order valence-electron chi connectivity index (χ3n) is 8.00. The minimum Gasteiger partial charge on any atom is -0.492 e. The van der Waals surface area contributed by atoms with Gasteiger partial charge in [-0.3, -0.25) is 19.4 Å². The molecular weight excluding hydrogens is 635 g/mol. The van der Waals surface area contributed by atoms with Gasteiger partial charge >= 0.3 is 5.97 Å². The number of aromatic carboxylic acids is 1. The van der Waals surface area contributed by atoms with Gasteiger partial charge in [0.05, 0.1) is 23.7 Å². The van der Waals surface area contributed by atoms with Crippen LogP contribution in [0.15, 0.2) is 89.8 Å². The third kappa shape index (κ3) is 8.06. The summed E-state index contributed by atoms with van der Waals surface area (Å²) in [5.41, 5.74) is 3.40. The lowest BCUT2D eigenvalue weighted by molar-refractivity contribution is -0.122. The summed E-state index contributed by atoms with van der Waals surface area (Å²) in [6, 6.07) is 26.4. The predicted molar refractivity (Wildman–Crippen MR) is 189 cm³/mol. The van der Waals surface area contributed by atoms with E-state index < -0.39 is 5.97 Å². The number of thiocarbonyl (C=S) groups is 1. The predicted octanol–water partition coefficient (Wildman–Crippen LogP) is 6.15. The molecule has 0 aliphatic carbocycles. The van der Waals surface area contributed by atoms with E-state index in [1.165, 1.54) is 40.9 Å². The maximum Gasteiger partial charge on any atom is 0.335 e. The van der Waals surface area contributed by atoms with Crippen LogP contribution < -0.4 is 10.1 Å². The number of benzene rings is 4. The van der Waals surface area contributed by atoms with Crippen LogP contribution >= 0.6 is 24.0 Å². The van der Waals surface area contributed by atoms with Crippen molar-refractivity contribution in [2.75, 3.05) is 51.3 Å². The highest BCUT2D eigenvalue weighted by Gasteiger charge is 2.32. The zero-order valence-electron chi connectivity index (χ0n) is 25.5. The van der Waals surface area contributed by atoms with Crippen LogP contribution in [0.1, 0.15) is 22.3 Å². The number of morpholine rings is 1. The molecule has 0 spiro atoms. The molecular formula is C36H33N3O6S2. The molecule has 6 rings (SSSR count). The zero-order valence-corrected chi connectivity index (χ0v) is 27.1. The van der Waals surface area contributed by atoms with Gasteiger partial charge in [0.2, 0.25) is 5.91 Å². The molecule has 2 aliphatic heterocycles. The number of fused-ring (bicyclic) bond motifs is 1. The van der Waals surface area contributed by atoms with Gasteiger partial charge < -0.3 is 19.9 Å². The average molecular weight is 668 g/mol. The van der Waals surface area contributed by atoms with Crippen molar-refractivity contribution < 1.29 is 29.0 Å². The Morgan fingerprint density at radius 1 is 0.936 bits per heavy atom. The van der Waals surface area contributed by atoms with Crippen molar-refractivity contribution in [3.8, 4) is 16.9 Å². The van der Waals surface area contributed by atoms with Crippen LogP contribution in [0, 0.1) is 0 Å². The number of amides is 2. The number of carbonyl (C=O) groups is 3. The van der Waals surface area contributed by atoms with Gasteiger partial charge in [-0.25, -0.2) is 4.79 Å². The van der Waals surface area contributed by atoms with Gasteiger partial charge in [-0.2, -0.15) is 0 Å². The van der Waals surface area contributed by atoms with E-state index in [-0.39, 0.29) is 30.3 Å². The first kappa shape index (κ1) is 32.4. The molecule has 0 saturated carbocycles. The Morgan fingerprint density at radius 3 is 2.43 bits per heavy atom. The molecule has 0 unspecified atom stereocenters. The standard InChI is InChI=1S/C36H33N3O6S2/c40-33(37-30-10-7-25(8-11-30)35(42)43)13-14-39-34(41)32(47-36(39)46)23-29-22-28(27-6-5-24-3-1-2-4-26(24)21-27)9-12-31(29)45-20-17-38-15-18-44-19-16-38/h1-12,21-23H,13-20H2,(H,37,40)(H,42,43)/b32-23-. The monoisotopic (exact) mass is 667 g/mol. The van der Waals surface area contributed by atoms with Crippen LogP contribution in [-0.2, 0) is 14.3 Å². The number of nitrogens with one attached hydrogen (secondary N) is 1. The summed E-state index contributed by atoms with van der Waals surface area (Å²) >= 11 is 6.75. The highest BCUT2D eigenvalue weighted by molar-refractivity contribution is 8.26. The molecule has 4 aromatic carbocycles. The Kier molecular flexibility index (Phi) is 10.3. The topological polar surface area (TPSA) is 108 Å². The minimum absolute atomic E-state index is 0.0216. The molecule has 0 aromatic heterocycles.